The summed E-state index contributed by atoms with van der Waals surface area (Å²) in [6.07, 6.45) is 0. The molecule has 0 saturated carbocycles. The molecule has 8 heteroatoms. The van der Waals surface area contributed by atoms with Crippen LogP contribution in [0.3, 0.4) is 0 Å². The SMILES string of the molecule is O=C(CN1CCN(S(=O)(=O)c2cccs2)CC1)NC(c1ccccc1)c1ccccc1. The second-order valence-electron chi connectivity index (χ2n) is 7.43. The van der Waals surface area contributed by atoms with Crippen molar-refractivity contribution in [1.29, 1.82) is 0 Å². The molecule has 1 fully saturated rings. The van der Waals surface area contributed by atoms with Gasteiger partial charge in [-0.05, 0) is 22.6 Å². The standard InChI is InChI=1S/C23H25N3O3S2/c27-21(24-23(19-8-3-1-4-9-19)20-10-5-2-6-11-20)18-25-13-15-26(16-14-25)31(28,29)22-12-7-17-30-22/h1-12,17,23H,13-16,18H2,(H,24,27). The summed E-state index contributed by atoms with van der Waals surface area (Å²) in [6.45, 7) is 2.06. The minimum absolute atomic E-state index is 0.0766. The molecule has 1 amide bonds. The summed E-state index contributed by atoms with van der Waals surface area (Å²) in [5.74, 6) is -0.0766. The highest BCUT2D eigenvalue weighted by Gasteiger charge is 2.30. The fourth-order valence-corrected chi connectivity index (χ4v) is 6.29. The number of thiophene rings is 1. The Labute approximate surface area is 187 Å². The van der Waals surface area contributed by atoms with Gasteiger partial charge in [-0.15, -0.1) is 11.3 Å². The van der Waals surface area contributed by atoms with Gasteiger partial charge in [-0.2, -0.15) is 4.31 Å². The minimum atomic E-state index is -3.44. The molecule has 1 aromatic heterocycles. The van der Waals surface area contributed by atoms with Crippen molar-refractivity contribution in [2.75, 3.05) is 32.7 Å². The number of nitrogens with zero attached hydrogens (tertiary/aromatic N) is 2. The number of nitrogens with one attached hydrogen (secondary N) is 1. The van der Waals surface area contributed by atoms with Crippen molar-refractivity contribution in [2.24, 2.45) is 0 Å². The normalized spacial score (nSPS) is 15.8. The topological polar surface area (TPSA) is 69.7 Å². The lowest BCUT2D eigenvalue weighted by Gasteiger charge is -2.33. The van der Waals surface area contributed by atoms with Crippen LogP contribution in [0.2, 0.25) is 0 Å². The molecular weight excluding hydrogens is 430 g/mol. The first-order valence-electron chi connectivity index (χ1n) is 10.2. The molecule has 3 aromatic rings. The van der Waals surface area contributed by atoms with Crippen molar-refractivity contribution in [2.45, 2.75) is 10.3 Å². The van der Waals surface area contributed by atoms with E-state index in [0.717, 1.165) is 11.1 Å². The lowest BCUT2D eigenvalue weighted by atomic mass is 9.99. The first-order chi connectivity index (χ1) is 15.0. The van der Waals surface area contributed by atoms with E-state index in [1.54, 1.807) is 17.5 Å². The van der Waals surface area contributed by atoms with Crippen LogP contribution in [0, 0.1) is 0 Å². The fourth-order valence-electron chi connectivity index (χ4n) is 3.73. The van der Waals surface area contributed by atoms with Crippen LogP contribution in [0.1, 0.15) is 17.2 Å². The fraction of sp³-hybridized carbons (Fsp3) is 0.261. The van der Waals surface area contributed by atoms with Gasteiger partial charge in [0.05, 0.1) is 12.6 Å². The third kappa shape index (κ3) is 5.22. The first-order valence-corrected chi connectivity index (χ1v) is 12.5. The van der Waals surface area contributed by atoms with Crippen molar-refractivity contribution >= 4 is 27.3 Å². The van der Waals surface area contributed by atoms with Gasteiger partial charge in [-0.25, -0.2) is 8.42 Å². The summed E-state index contributed by atoms with van der Waals surface area (Å²) in [5.41, 5.74) is 2.04. The Morgan fingerprint density at radius 2 is 1.45 bits per heavy atom. The molecule has 162 valence electrons. The van der Waals surface area contributed by atoms with Crippen LogP contribution in [-0.2, 0) is 14.8 Å². The molecule has 0 atom stereocenters. The third-order valence-electron chi connectivity index (χ3n) is 5.36. The van der Waals surface area contributed by atoms with E-state index in [4.69, 9.17) is 0 Å². The Kier molecular flexibility index (Phi) is 6.82. The lowest BCUT2D eigenvalue weighted by Crippen LogP contribution is -2.51. The van der Waals surface area contributed by atoms with Gasteiger partial charge in [0.25, 0.3) is 10.0 Å². The van der Waals surface area contributed by atoms with E-state index in [1.165, 1.54) is 15.6 Å². The van der Waals surface area contributed by atoms with Crippen molar-refractivity contribution in [3.8, 4) is 0 Å². The summed E-state index contributed by atoms with van der Waals surface area (Å²) in [4.78, 5) is 14.9. The zero-order valence-electron chi connectivity index (χ0n) is 17.1. The lowest BCUT2D eigenvalue weighted by molar-refractivity contribution is -0.123. The Morgan fingerprint density at radius 1 is 0.871 bits per heavy atom. The van der Waals surface area contributed by atoms with E-state index in [1.807, 2.05) is 65.6 Å². The smallest absolute Gasteiger partial charge is 0.252 e. The van der Waals surface area contributed by atoms with Crippen LogP contribution < -0.4 is 5.32 Å². The Hall–Kier alpha value is -2.52. The number of hydrogen-bond acceptors (Lipinski definition) is 5. The van der Waals surface area contributed by atoms with Crippen LogP contribution in [0.25, 0.3) is 0 Å². The second-order valence-corrected chi connectivity index (χ2v) is 10.5. The molecule has 2 heterocycles. The average molecular weight is 456 g/mol. The third-order valence-corrected chi connectivity index (χ3v) is 8.63. The molecule has 31 heavy (non-hydrogen) atoms. The second kappa shape index (κ2) is 9.74. The summed E-state index contributed by atoms with van der Waals surface area (Å²) in [5, 5.41) is 4.92. The molecule has 1 N–H and O–H groups in total. The highest BCUT2D eigenvalue weighted by atomic mass is 32.2. The Bertz CT molecular complexity index is 1040. The van der Waals surface area contributed by atoms with Gasteiger partial charge < -0.3 is 5.32 Å². The molecule has 1 saturated heterocycles. The molecule has 0 unspecified atom stereocenters. The number of amides is 1. The molecule has 2 aromatic carbocycles. The number of hydrogen-bond donors (Lipinski definition) is 1. The van der Waals surface area contributed by atoms with Gasteiger partial charge in [0.2, 0.25) is 5.91 Å². The van der Waals surface area contributed by atoms with Crippen LogP contribution in [0.15, 0.2) is 82.4 Å². The summed E-state index contributed by atoms with van der Waals surface area (Å²) in [7, 11) is -3.44. The van der Waals surface area contributed by atoms with Crippen molar-refractivity contribution in [1.82, 2.24) is 14.5 Å². The molecule has 6 nitrogen and oxygen atoms in total. The van der Waals surface area contributed by atoms with E-state index in [9.17, 15) is 13.2 Å². The van der Waals surface area contributed by atoms with Gasteiger partial charge in [-0.1, -0.05) is 66.7 Å². The van der Waals surface area contributed by atoms with Crippen LogP contribution in [-0.4, -0.2) is 56.3 Å². The Morgan fingerprint density at radius 3 is 1.97 bits per heavy atom. The summed E-state index contributed by atoms with van der Waals surface area (Å²) >= 11 is 1.23. The molecule has 0 spiro atoms. The molecule has 1 aliphatic heterocycles. The predicted molar refractivity (Wildman–Crippen MR) is 122 cm³/mol. The van der Waals surface area contributed by atoms with Gasteiger partial charge >= 0.3 is 0 Å². The van der Waals surface area contributed by atoms with E-state index in [2.05, 4.69) is 5.32 Å². The van der Waals surface area contributed by atoms with Crippen LogP contribution >= 0.6 is 11.3 Å². The highest BCUT2D eigenvalue weighted by molar-refractivity contribution is 7.91. The number of piperazine rings is 1. The first kappa shape index (κ1) is 21.7. The zero-order valence-corrected chi connectivity index (χ0v) is 18.7. The number of sulfonamides is 1. The van der Waals surface area contributed by atoms with Crippen molar-refractivity contribution in [3.63, 3.8) is 0 Å². The van der Waals surface area contributed by atoms with E-state index < -0.39 is 10.0 Å². The quantitative estimate of drug-likeness (QED) is 0.595. The highest BCUT2D eigenvalue weighted by Crippen LogP contribution is 2.23. The molecule has 0 aliphatic carbocycles. The van der Waals surface area contributed by atoms with Gasteiger partial charge in [0.1, 0.15) is 4.21 Å². The van der Waals surface area contributed by atoms with Crippen LogP contribution in [0.4, 0.5) is 0 Å². The van der Waals surface area contributed by atoms with Gasteiger partial charge in [-0.3, -0.25) is 9.69 Å². The Balaban J connectivity index is 1.37. The number of carbonyl (C=O) groups is 1. The zero-order chi connectivity index (χ0) is 21.7. The molecule has 1 aliphatic rings. The number of carbonyl (C=O) groups excluding carboxylic acids is 1. The number of benzene rings is 2. The van der Waals surface area contributed by atoms with E-state index in [-0.39, 0.29) is 18.5 Å². The van der Waals surface area contributed by atoms with E-state index in [0.29, 0.717) is 30.4 Å². The molecule has 0 bridgehead atoms. The van der Waals surface area contributed by atoms with E-state index >= 15 is 0 Å². The van der Waals surface area contributed by atoms with Crippen LogP contribution in [0.5, 0.6) is 0 Å². The molecular formula is C23H25N3O3S2. The maximum atomic E-state index is 12.9. The van der Waals surface area contributed by atoms with Gasteiger partial charge in [0, 0.05) is 26.2 Å². The summed E-state index contributed by atoms with van der Waals surface area (Å²) < 4.78 is 27.2. The average Bonchev–Trinajstić information content (AvgIpc) is 3.35. The minimum Gasteiger partial charge on any atom is -0.344 e. The summed E-state index contributed by atoms with van der Waals surface area (Å²) in [6, 6.07) is 22.9. The molecule has 4 rings (SSSR count). The maximum absolute atomic E-state index is 12.9. The maximum Gasteiger partial charge on any atom is 0.252 e. The van der Waals surface area contributed by atoms with Crippen molar-refractivity contribution < 1.29 is 13.2 Å². The molecule has 0 radical (unpaired) electrons. The monoisotopic (exact) mass is 455 g/mol. The van der Waals surface area contributed by atoms with Crippen molar-refractivity contribution in [3.05, 3.63) is 89.3 Å². The number of rotatable bonds is 7. The van der Waals surface area contributed by atoms with Gasteiger partial charge in [0.15, 0.2) is 0 Å². The predicted octanol–water partition coefficient (Wildman–Crippen LogP) is 2.96. The largest absolute Gasteiger partial charge is 0.344 e.